The number of esters is 1. The van der Waals surface area contributed by atoms with Crippen molar-refractivity contribution in [3.8, 4) is 5.75 Å². The normalized spacial score (nSPS) is 21.6. The zero-order chi connectivity index (χ0) is 30.2. The number of aromatic amines is 1. The van der Waals surface area contributed by atoms with Gasteiger partial charge in [0.2, 0.25) is 0 Å². The second-order valence-electron chi connectivity index (χ2n) is 11.1. The average Bonchev–Trinajstić information content (AvgIpc) is 3.55. The standard InChI is InChI=1S/C30H34F5N3O4/c1-17-10-22-21-5-4-18(29(40)41-2)11-25(21)36-27(22)28(38(17)15-30(34,35)16-39)26-23(32)12-20(13-24(26)33)42-19-6-9-37(14-19)8-3-7-31/h4-5,11-13,17,19,28,36,39H,3,6-10,14-16H2,1-2H3/t17-,19+,28-/m1/s1. The van der Waals surface area contributed by atoms with Crippen molar-refractivity contribution in [2.45, 2.75) is 50.3 Å². The first-order valence-corrected chi connectivity index (χ1v) is 14.0. The number of alkyl halides is 3. The van der Waals surface area contributed by atoms with Gasteiger partial charge in [-0.2, -0.15) is 0 Å². The van der Waals surface area contributed by atoms with Crippen LogP contribution in [0, 0.1) is 11.6 Å². The Hall–Kier alpha value is -3.22. The van der Waals surface area contributed by atoms with Crippen molar-refractivity contribution in [2.75, 3.05) is 46.6 Å². The molecule has 2 aliphatic rings. The van der Waals surface area contributed by atoms with Crippen LogP contribution in [0.15, 0.2) is 30.3 Å². The smallest absolute Gasteiger partial charge is 0.337 e. The van der Waals surface area contributed by atoms with Crippen LogP contribution in [0.25, 0.3) is 10.9 Å². The number of aromatic nitrogens is 1. The molecule has 1 aromatic heterocycles. The lowest BCUT2D eigenvalue weighted by Gasteiger charge is -2.42. The summed E-state index contributed by atoms with van der Waals surface area (Å²) in [7, 11) is 1.25. The van der Waals surface area contributed by atoms with Crippen LogP contribution in [0.5, 0.6) is 5.75 Å². The predicted octanol–water partition coefficient (Wildman–Crippen LogP) is 5.01. The second-order valence-corrected chi connectivity index (χ2v) is 11.1. The Morgan fingerprint density at radius 1 is 1.19 bits per heavy atom. The molecule has 42 heavy (non-hydrogen) atoms. The fraction of sp³-hybridized carbons (Fsp3) is 0.500. The van der Waals surface area contributed by atoms with E-state index >= 15 is 8.78 Å². The maximum atomic E-state index is 15.9. The van der Waals surface area contributed by atoms with E-state index in [4.69, 9.17) is 9.47 Å². The molecule has 0 amide bonds. The highest BCUT2D eigenvalue weighted by Crippen LogP contribution is 2.44. The van der Waals surface area contributed by atoms with Crippen LogP contribution in [0.4, 0.5) is 22.0 Å². The monoisotopic (exact) mass is 595 g/mol. The molecule has 0 unspecified atom stereocenters. The van der Waals surface area contributed by atoms with E-state index in [-0.39, 0.29) is 23.8 Å². The van der Waals surface area contributed by atoms with Crippen molar-refractivity contribution in [1.82, 2.24) is 14.8 Å². The van der Waals surface area contributed by atoms with Crippen LogP contribution in [0.2, 0.25) is 0 Å². The van der Waals surface area contributed by atoms with Gasteiger partial charge in [0.05, 0.1) is 31.9 Å². The fourth-order valence-corrected chi connectivity index (χ4v) is 6.14. The number of fused-ring (bicyclic) bond motifs is 3. The highest BCUT2D eigenvalue weighted by molar-refractivity contribution is 5.96. The highest BCUT2D eigenvalue weighted by Gasteiger charge is 2.43. The number of hydrogen-bond acceptors (Lipinski definition) is 6. The van der Waals surface area contributed by atoms with E-state index < -0.39 is 61.0 Å². The van der Waals surface area contributed by atoms with E-state index in [9.17, 15) is 23.1 Å². The summed E-state index contributed by atoms with van der Waals surface area (Å²) in [5.74, 6) is -6.05. The first-order chi connectivity index (χ1) is 20.0. The molecule has 3 atom stereocenters. The summed E-state index contributed by atoms with van der Waals surface area (Å²) in [6.07, 6.45) is 0.979. The summed E-state index contributed by atoms with van der Waals surface area (Å²) < 4.78 is 84.1. The van der Waals surface area contributed by atoms with Crippen LogP contribution in [0.3, 0.4) is 0 Å². The zero-order valence-corrected chi connectivity index (χ0v) is 23.4. The number of aliphatic hydroxyl groups excluding tert-OH is 1. The first-order valence-electron chi connectivity index (χ1n) is 14.0. The van der Waals surface area contributed by atoms with Crippen molar-refractivity contribution in [3.05, 3.63) is 64.4 Å². The molecule has 0 radical (unpaired) electrons. The number of H-pyrrole nitrogens is 1. The van der Waals surface area contributed by atoms with Crippen molar-refractivity contribution >= 4 is 16.9 Å². The van der Waals surface area contributed by atoms with Gasteiger partial charge in [-0.3, -0.25) is 14.2 Å². The number of rotatable bonds is 10. The Labute approximate surface area is 240 Å². The minimum atomic E-state index is -3.53. The molecule has 12 heteroatoms. The van der Waals surface area contributed by atoms with Crippen LogP contribution >= 0.6 is 0 Å². The van der Waals surface area contributed by atoms with Crippen LogP contribution < -0.4 is 4.74 Å². The molecule has 2 N–H and O–H groups in total. The van der Waals surface area contributed by atoms with Gasteiger partial charge in [0.25, 0.3) is 5.92 Å². The minimum Gasteiger partial charge on any atom is -0.489 e. The lowest BCUT2D eigenvalue weighted by molar-refractivity contribution is -0.0869. The van der Waals surface area contributed by atoms with Crippen molar-refractivity contribution in [1.29, 1.82) is 0 Å². The predicted molar refractivity (Wildman–Crippen MR) is 146 cm³/mol. The number of carbonyl (C=O) groups is 1. The van der Waals surface area contributed by atoms with Gasteiger partial charge in [0.1, 0.15) is 30.1 Å². The maximum Gasteiger partial charge on any atom is 0.337 e. The van der Waals surface area contributed by atoms with E-state index in [1.54, 1.807) is 25.1 Å². The highest BCUT2D eigenvalue weighted by atomic mass is 19.3. The van der Waals surface area contributed by atoms with E-state index in [2.05, 4.69) is 4.98 Å². The summed E-state index contributed by atoms with van der Waals surface area (Å²) in [5, 5.41) is 10.0. The van der Waals surface area contributed by atoms with Gasteiger partial charge in [-0.15, -0.1) is 0 Å². The molecule has 3 heterocycles. The maximum absolute atomic E-state index is 15.9. The Morgan fingerprint density at radius 2 is 1.93 bits per heavy atom. The summed E-state index contributed by atoms with van der Waals surface area (Å²) in [5.41, 5.74) is 1.34. The molecule has 2 aromatic carbocycles. The van der Waals surface area contributed by atoms with Crippen molar-refractivity contribution < 1.29 is 41.3 Å². The topological polar surface area (TPSA) is 78.0 Å². The Bertz CT molecular complexity index is 1420. The van der Waals surface area contributed by atoms with E-state index in [1.807, 2.05) is 4.90 Å². The number of hydrogen-bond donors (Lipinski definition) is 2. The third-order valence-electron chi connectivity index (χ3n) is 8.14. The molecule has 228 valence electrons. The van der Waals surface area contributed by atoms with Crippen LogP contribution in [0.1, 0.15) is 53.0 Å². The molecule has 0 bridgehead atoms. The fourth-order valence-electron chi connectivity index (χ4n) is 6.14. The van der Waals surface area contributed by atoms with Gasteiger partial charge in [0, 0.05) is 60.0 Å². The van der Waals surface area contributed by atoms with Crippen LogP contribution in [-0.4, -0.2) is 90.5 Å². The van der Waals surface area contributed by atoms with Gasteiger partial charge in [-0.1, -0.05) is 6.07 Å². The number of ether oxygens (including phenoxy) is 2. The van der Waals surface area contributed by atoms with Gasteiger partial charge in [-0.05, 0) is 43.9 Å². The average molecular weight is 596 g/mol. The minimum absolute atomic E-state index is 0.0261. The second kappa shape index (κ2) is 12.2. The molecule has 1 fully saturated rings. The van der Waals surface area contributed by atoms with Crippen molar-refractivity contribution in [2.24, 2.45) is 0 Å². The van der Waals surface area contributed by atoms with Gasteiger partial charge >= 0.3 is 5.97 Å². The SMILES string of the molecule is COC(=O)c1ccc2c3c([nH]c2c1)[C@@H](c1c(F)cc(O[C@H]2CCN(CCCF)C2)cc1F)N(CC(F)(F)CO)[C@H](C)C3. The summed E-state index contributed by atoms with van der Waals surface area (Å²) >= 11 is 0. The molecule has 2 aliphatic heterocycles. The summed E-state index contributed by atoms with van der Waals surface area (Å²) in [6.45, 7) is 0.653. The van der Waals surface area contributed by atoms with Gasteiger partial charge in [-0.25, -0.2) is 22.4 Å². The molecular formula is C30H34F5N3O4. The van der Waals surface area contributed by atoms with Gasteiger partial charge in [0.15, 0.2) is 0 Å². The Balaban J connectivity index is 1.54. The Kier molecular flexibility index (Phi) is 8.77. The molecule has 7 nitrogen and oxygen atoms in total. The number of carbonyl (C=O) groups excluding carboxylic acids is 1. The number of aliphatic hydroxyl groups is 1. The third-order valence-corrected chi connectivity index (χ3v) is 8.14. The number of benzene rings is 2. The summed E-state index contributed by atoms with van der Waals surface area (Å²) in [6, 6.07) is 5.07. The number of nitrogens with zero attached hydrogens (tertiary/aromatic N) is 2. The largest absolute Gasteiger partial charge is 0.489 e. The zero-order valence-electron chi connectivity index (χ0n) is 23.4. The van der Waals surface area contributed by atoms with E-state index in [0.717, 1.165) is 12.1 Å². The van der Waals surface area contributed by atoms with Crippen molar-refractivity contribution in [3.63, 3.8) is 0 Å². The first kappa shape index (κ1) is 30.2. The Morgan fingerprint density at radius 3 is 2.60 bits per heavy atom. The molecule has 0 spiro atoms. The number of halogens is 5. The van der Waals surface area contributed by atoms with E-state index in [1.165, 1.54) is 12.0 Å². The molecule has 0 aliphatic carbocycles. The number of nitrogens with one attached hydrogen (secondary N) is 1. The van der Waals surface area contributed by atoms with E-state index in [0.29, 0.717) is 54.6 Å². The molecular weight excluding hydrogens is 561 g/mol. The summed E-state index contributed by atoms with van der Waals surface area (Å²) in [4.78, 5) is 18.6. The molecule has 3 aromatic rings. The number of likely N-dealkylation sites (tertiary alicyclic amines) is 1. The quantitative estimate of drug-likeness (QED) is 0.254. The molecule has 0 saturated carbocycles. The lowest BCUT2D eigenvalue weighted by atomic mass is 9.87. The third kappa shape index (κ3) is 5.97. The van der Waals surface area contributed by atoms with Crippen LogP contribution in [-0.2, 0) is 11.2 Å². The molecule has 1 saturated heterocycles. The number of methoxy groups -OCH3 is 1. The lowest BCUT2D eigenvalue weighted by Crippen LogP contribution is -2.49. The van der Waals surface area contributed by atoms with Gasteiger partial charge < -0.3 is 19.6 Å². The molecule has 5 rings (SSSR count).